The van der Waals surface area contributed by atoms with Crippen LogP contribution in [0.4, 0.5) is 49.9 Å². The average molecular weight is 1280 g/mol. The number of hydrogen-bond donors (Lipinski definition) is 4. The van der Waals surface area contributed by atoms with Crippen molar-refractivity contribution in [1.29, 1.82) is 0 Å². The second kappa shape index (κ2) is 26.4. The van der Waals surface area contributed by atoms with E-state index in [1.54, 1.807) is 12.1 Å². The first-order valence-electron chi connectivity index (χ1n) is 34.2. The van der Waals surface area contributed by atoms with Crippen LogP contribution in [0.15, 0.2) is 309 Å². The molecule has 482 valence electrons. The van der Waals surface area contributed by atoms with E-state index in [1.807, 2.05) is 19.1 Å². The summed E-state index contributed by atoms with van der Waals surface area (Å²) in [6.07, 6.45) is 4.17. The summed E-state index contributed by atoms with van der Waals surface area (Å²) in [5, 5.41) is 14.0. The molecule has 4 nitrogen and oxygen atoms in total. The lowest BCUT2D eigenvalue weighted by atomic mass is 9.82. The van der Waals surface area contributed by atoms with E-state index in [0.717, 1.165) is 45.5 Å². The number of rotatable bonds is 10. The molecule has 0 saturated heterocycles. The largest absolute Gasteiger partial charge is 0.356 e. The zero-order chi connectivity index (χ0) is 67.8. The molecule has 17 rings (SSSR count). The van der Waals surface area contributed by atoms with E-state index in [1.165, 1.54) is 118 Å². The van der Waals surface area contributed by atoms with Crippen LogP contribution >= 0.6 is 0 Å². The fraction of sp³-hybridized carbons (Fsp3) is 0.140. The first-order valence-corrected chi connectivity index (χ1v) is 34.2. The summed E-state index contributed by atoms with van der Waals surface area (Å²) < 4.78 is 13.0. The van der Waals surface area contributed by atoms with Crippen molar-refractivity contribution in [2.24, 2.45) is 0 Å². The summed E-state index contributed by atoms with van der Waals surface area (Å²) in [4.78, 5) is 0. The van der Waals surface area contributed by atoms with Crippen LogP contribution in [-0.4, -0.2) is 0 Å². The lowest BCUT2D eigenvalue weighted by Crippen LogP contribution is -2.15. The Morgan fingerprint density at radius 1 is 0.235 bits per heavy atom. The van der Waals surface area contributed by atoms with Crippen molar-refractivity contribution in [1.82, 2.24) is 0 Å². The topological polar surface area (TPSA) is 48.1 Å². The number of allylic oxidation sites excluding steroid dienone is 1. The van der Waals surface area contributed by atoms with Crippen molar-refractivity contribution < 1.29 is 4.39 Å². The molecule has 0 spiro atoms. The van der Waals surface area contributed by atoms with Crippen molar-refractivity contribution >= 4 is 51.6 Å². The van der Waals surface area contributed by atoms with Gasteiger partial charge in [0.15, 0.2) is 0 Å². The molecular formula is C93H83FN4. The van der Waals surface area contributed by atoms with Gasteiger partial charge < -0.3 is 21.3 Å². The van der Waals surface area contributed by atoms with E-state index in [0.29, 0.717) is 0 Å². The lowest BCUT2D eigenvalue weighted by Gasteiger charge is -2.22. The maximum absolute atomic E-state index is 13.0. The molecule has 4 aliphatic rings. The predicted molar refractivity (Wildman–Crippen MR) is 415 cm³/mol. The first-order chi connectivity index (χ1) is 47.4. The van der Waals surface area contributed by atoms with Crippen LogP contribution in [0.2, 0.25) is 0 Å². The summed E-state index contributed by atoms with van der Waals surface area (Å²) in [7, 11) is 0. The van der Waals surface area contributed by atoms with E-state index in [4.69, 9.17) is 0 Å². The summed E-state index contributed by atoms with van der Waals surface area (Å²) in [5.74, 6) is -0.221. The van der Waals surface area contributed by atoms with Gasteiger partial charge in [0.2, 0.25) is 0 Å². The van der Waals surface area contributed by atoms with Crippen LogP contribution in [0.1, 0.15) is 112 Å². The normalized spacial score (nSPS) is 14.1. The Labute approximate surface area is 578 Å². The summed E-state index contributed by atoms with van der Waals surface area (Å²) >= 11 is 0. The van der Waals surface area contributed by atoms with Crippen LogP contribution in [-0.2, 0) is 21.7 Å². The van der Waals surface area contributed by atoms with E-state index in [2.05, 4.69) is 356 Å². The van der Waals surface area contributed by atoms with Crippen molar-refractivity contribution in [2.45, 2.75) is 84.0 Å². The Hall–Kier alpha value is -11.3. The molecule has 0 aromatic heterocycles. The Bertz CT molecular complexity index is 5080. The SMILES string of the molecule is C/C=C/c1ccc(Nc2ccc3c(c2)C(C)(C)c2ccccc2-3)cc1.CC1(C)c2ccccc2-c2ccc(Nc3ccc(-c4ccccc4)cc3)cc21.CC1(C)c2ccccc2-c2ccc(Nc3ccc(F)cc3)cc21.CC1(C)c2ccccc2-c2ccc(Nc3ccccc3)cc21. The zero-order valence-electron chi connectivity index (χ0n) is 57.4. The quantitative estimate of drug-likeness (QED) is 0.110. The molecular weight excluding hydrogens is 1190 g/mol. The molecule has 0 unspecified atom stereocenters. The number of halogens is 1. The van der Waals surface area contributed by atoms with Crippen molar-refractivity contribution in [3.63, 3.8) is 0 Å². The number of fused-ring (bicyclic) bond motifs is 12. The van der Waals surface area contributed by atoms with Gasteiger partial charge in [-0.3, -0.25) is 0 Å². The van der Waals surface area contributed by atoms with E-state index in [9.17, 15) is 4.39 Å². The monoisotopic (exact) mass is 1270 g/mol. The third-order valence-electron chi connectivity index (χ3n) is 20.4. The van der Waals surface area contributed by atoms with Crippen LogP contribution in [0.5, 0.6) is 0 Å². The second-order valence-corrected chi connectivity index (χ2v) is 28.2. The molecule has 0 saturated carbocycles. The minimum absolute atomic E-state index is 0.00753. The van der Waals surface area contributed by atoms with Crippen LogP contribution < -0.4 is 21.3 Å². The Balaban J connectivity index is 0.000000112. The highest BCUT2D eigenvalue weighted by Crippen LogP contribution is 2.53. The van der Waals surface area contributed by atoms with E-state index < -0.39 is 0 Å². The average Bonchev–Trinajstić information content (AvgIpc) is 1.61. The van der Waals surface area contributed by atoms with Crippen LogP contribution in [0, 0.1) is 5.82 Å². The maximum atomic E-state index is 13.0. The fourth-order valence-electron chi connectivity index (χ4n) is 15.1. The van der Waals surface area contributed by atoms with Gasteiger partial charge in [-0.05, 0) is 222 Å². The molecule has 4 N–H and O–H groups in total. The number of anilines is 8. The van der Waals surface area contributed by atoms with Gasteiger partial charge in [0, 0.05) is 67.2 Å². The second-order valence-electron chi connectivity index (χ2n) is 28.2. The molecule has 0 bridgehead atoms. The maximum Gasteiger partial charge on any atom is 0.123 e. The standard InChI is InChI=1S/C27H23N.C24H23N.C21H18FN.C21H19N/c1-27(2)25-11-7-6-10-23(25)24-17-16-22(18-26(24)27)28-21-14-12-20(13-15-21)19-8-4-3-5-9-19;1-4-7-17-10-12-18(13-11-17)25-19-14-15-21-20-8-5-6-9-22(20)24(2,3)23(21)16-19;1-21(2)19-6-4-3-5-17(19)18-12-11-16(13-20(18)21)23-15-9-7-14(22)8-10-15;1-21(2)19-11-7-6-10-17(19)18-13-12-16(14-20(18)21)22-15-8-4-3-5-9-15/h3-18,28H,1-2H3;4-16,25H,1-3H3;3-13,23H,1-2H3;3-14,22H,1-2H3/b;7-4+;;. The van der Waals surface area contributed by atoms with Gasteiger partial charge in [-0.25, -0.2) is 4.39 Å². The Morgan fingerprint density at radius 2 is 0.480 bits per heavy atom. The molecule has 4 aliphatic carbocycles. The Kier molecular flexibility index (Phi) is 17.3. The summed E-state index contributed by atoms with van der Waals surface area (Å²) in [6.45, 7) is 20.4. The van der Waals surface area contributed by atoms with Crippen molar-refractivity contribution in [3.8, 4) is 55.6 Å². The molecule has 13 aromatic rings. The summed E-state index contributed by atoms with van der Waals surface area (Å²) in [6, 6.07) is 106. The van der Waals surface area contributed by atoms with Crippen LogP contribution in [0.3, 0.4) is 0 Å². The summed E-state index contributed by atoms with van der Waals surface area (Å²) in [5.41, 5.74) is 34.4. The number of para-hydroxylation sites is 1. The lowest BCUT2D eigenvalue weighted by molar-refractivity contribution is 0.628. The van der Waals surface area contributed by atoms with Gasteiger partial charge in [0.05, 0.1) is 0 Å². The molecule has 0 heterocycles. The molecule has 0 fully saturated rings. The smallest absolute Gasteiger partial charge is 0.123 e. The molecule has 98 heavy (non-hydrogen) atoms. The molecule has 5 heteroatoms. The molecule has 0 amide bonds. The number of benzene rings is 13. The van der Waals surface area contributed by atoms with Gasteiger partial charge in [-0.15, -0.1) is 0 Å². The van der Waals surface area contributed by atoms with E-state index in [-0.39, 0.29) is 27.5 Å². The predicted octanol–water partition coefficient (Wildman–Crippen LogP) is 25.8. The van der Waals surface area contributed by atoms with Gasteiger partial charge in [-0.2, -0.15) is 0 Å². The van der Waals surface area contributed by atoms with Gasteiger partial charge in [0.1, 0.15) is 5.82 Å². The number of nitrogens with one attached hydrogen (secondary N) is 4. The van der Waals surface area contributed by atoms with Crippen molar-refractivity contribution in [2.75, 3.05) is 21.3 Å². The van der Waals surface area contributed by atoms with E-state index >= 15 is 0 Å². The number of hydrogen-bond acceptors (Lipinski definition) is 4. The third-order valence-corrected chi connectivity index (χ3v) is 20.4. The first kappa shape index (κ1) is 64.1. The van der Waals surface area contributed by atoms with Gasteiger partial charge in [0.25, 0.3) is 0 Å². The van der Waals surface area contributed by atoms with Crippen molar-refractivity contribution in [3.05, 3.63) is 365 Å². The molecule has 0 atom stereocenters. The molecule has 13 aromatic carbocycles. The molecule has 0 aliphatic heterocycles. The van der Waals surface area contributed by atoms with Crippen LogP contribution in [0.25, 0.3) is 61.7 Å². The molecule has 0 radical (unpaired) electrons. The minimum atomic E-state index is -0.221. The third kappa shape index (κ3) is 12.5. The highest BCUT2D eigenvalue weighted by molar-refractivity contribution is 5.87. The van der Waals surface area contributed by atoms with Gasteiger partial charge in [-0.1, -0.05) is 262 Å². The highest BCUT2D eigenvalue weighted by Gasteiger charge is 2.39. The van der Waals surface area contributed by atoms with Gasteiger partial charge >= 0.3 is 0 Å². The Morgan fingerprint density at radius 3 is 0.806 bits per heavy atom. The zero-order valence-corrected chi connectivity index (χ0v) is 57.4. The minimum Gasteiger partial charge on any atom is -0.356 e. The fourth-order valence-corrected chi connectivity index (χ4v) is 15.1. The highest BCUT2D eigenvalue weighted by atomic mass is 19.1.